The number of amides is 1. The zero-order valence-electron chi connectivity index (χ0n) is 13.7. The summed E-state index contributed by atoms with van der Waals surface area (Å²) < 4.78 is 11.8. The fraction of sp³-hybridized carbons (Fsp3) is 0.333. The third-order valence-corrected chi connectivity index (χ3v) is 4.37. The summed E-state index contributed by atoms with van der Waals surface area (Å²) in [4.78, 5) is 22.6. The number of carbonyl (C=O) groups is 2. The van der Waals surface area contributed by atoms with Crippen molar-refractivity contribution in [1.29, 1.82) is 0 Å². The molecule has 0 unspecified atom stereocenters. The molecule has 0 saturated heterocycles. The molecule has 0 saturated carbocycles. The summed E-state index contributed by atoms with van der Waals surface area (Å²) in [6.45, 7) is 0.0785. The normalized spacial score (nSPS) is 10.4. The number of esters is 1. The van der Waals surface area contributed by atoms with Crippen molar-refractivity contribution in [2.24, 2.45) is 7.05 Å². The summed E-state index contributed by atoms with van der Waals surface area (Å²) in [5.74, 6) is 0.605. The zero-order valence-corrected chi connectivity index (χ0v) is 15.3. The average Bonchev–Trinajstić information content (AvgIpc) is 2.97. The number of nitrogens with zero attached hydrogens (tertiary/aromatic N) is 3. The van der Waals surface area contributed by atoms with Gasteiger partial charge in [-0.2, -0.15) is 0 Å². The van der Waals surface area contributed by atoms with E-state index in [1.54, 1.807) is 35.9 Å². The lowest BCUT2D eigenvalue weighted by atomic mass is 10.3. The molecule has 1 aromatic heterocycles. The van der Waals surface area contributed by atoms with E-state index < -0.39 is 5.97 Å². The molecular weight excluding hydrogens is 368 g/mol. The Hall–Kier alpha value is -2.26. The van der Waals surface area contributed by atoms with Crippen molar-refractivity contribution < 1.29 is 19.1 Å². The van der Waals surface area contributed by atoms with E-state index in [0.29, 0.717) is 21.8 Å². The van der Waals surface area contributed by atoms with Gasteiger partial charge >= 0.3 is 5.97 Å². The van der Waals surface area contributed by atoms with Gasteiger partial charge < -0.3 is 19.4 Å². The van der Waals surface area contributed by atoms with Crippen LogP contribution in [-0.4, -0.2) is 46.0 Å². The molecule has 1 amide bonds. The minimum Gasteiger partial charge on any atom is -0.486 e. The van der Waals surface area contributed by atoms with E-state index in [2.05, 4.69) is 20.3 Å². The van der Waals surface area contributed by atoms with E-state index in [1.807, 2.05) is 0 Å². The lowest BCUT2D eigenvalue weighted by molar-refractivity contribution is -0.140. The van der Waals surface area contributed by atoms with Gasteiger partial charge in [-0.15, -0.1) is 10.2 Å². The highest BCUT2D eigenvalue weighted by atomic mass is 35.5. The standard InChI is InChI=1S/C15H17ClN4O4S/c1-20-12(8-24-11-5-3-10(16)4-6-11)18-19-15(20)25-9-13(21)17-7-14(22)23-2/h3-6H,7-9H2,1-2H3,(H,17,21). The van der Waals surface area contributed by atoms with Crippen LogP contribution in [0.4, 0.5) is 0 Å². The van der Waals surface area contributed by atoms with Crippen LogP contribution in [0.3, 0.4) is 0 Å². The molecule has 25 heavy (non-hydrogen) atoms. The molecular formula is C15H17ClN4O4S. The predicted octanol–water partition coefficient (Wildman–Crippen LogP) is 1.43. The molecule has 2 rings (SSSR count). The Morgan fingerprint density at radius 2 is 2.00 bits per heavy atom. The number of nitrogens with one attached hydrogen (secondary N) is 1. The monoisotopic (exact) mass is 384 g/mol. The number of methoxy groups -OCH3 is 1. The average molecular weight is 385 g/mol. The van der Waals surface area contributed by atoms with Gasteiger partial charge in [0, 0.05) is 12.1 Å². The van der Waals surface area contributed by atoms with Gasteiger partial charge in [0.2, 0.25) is 5.91 Å². The van der Waals surface area contributed by atoms with Gasteiger partial charge in [0.25, 0.3) is 0 Å². The van der Waals surface area contributed by atoms with Gasteiger partial charge in [-0.25, -0.2) is 0 Å². The smallest absolute Gasteiger partial charge is 0.325 e. The van der Waals surface area contributed by atoms with Crippen molar-refractivity contribution in [3.63, 3.8) is 0 Å². The lowest BCUT2D eigenvalue weighted by Crippen LogP contribution is -2.31. The van der Waals surface area contributed by atoms with Crippen LogP contribution in [-0.2, 0) is 28.0 Å². The molecule has 0 aliphatic heterocycles. The first-order valence-electron chi connectivity index (χ1n) is 7.22. The molecule has 8 nitrogen and oxygen atoms in total. The van der Waals surface area contributed by atoms with E-state index in [1.165, 1.54) is 18.9 Å². The van der Waals surface area contributed by atoms with Gasteiger partial charge in [0.15, 0.2) is 11.0 Å². The second kappa shape index (κ2) is 9.28. The number of hydrogen-bond donors (Lipinski definition) is 1. The van der Waals surface area contributed by atoms with Crippen LogP contribution in [0.15, 0.2) is 29.4 Å². The molecule has 134 valence electrons. The molecule has 1 heterocycles. The van der Waals surface area contributed by atoms with Crippen LogP contribution in [0.25, 0.3) is 0 Å². The largest absolute Gasteiger partial charge is 0.486 e. The van der Waals surface area contributed by atoms with E-state index in [9.17, 15) is 9.59 Å². The van der Waals surface area contributed by atoms with Gasteiger partial charge in [-0.1, -0.05) is 23.4 Å². The Bertz CT molecular complexity index is 736. The molecule has 1 N–H and O–H groups in total. The SMILES string of the molecule is COC(=O)CNC(=O)CSc1nnc(COc2ccc(Cl)cc2)n1C. The maximum atomic E-state index is 11.7. The number of halogens is 1. The number of rotatable bonds is 8. The van der Waals surface area contributed by atoms with E-state index >= 15 is 0 Å². The second-order valence-electron chi connectivity index (χ2n) is 4.84. The summed E-state index contributed by atoms with van der Waals surface area (Å²) in [6.07, 6.45) is 0. The first-order valence-corrected chi connectivity index (χ1v) is 8.59. The summed E-state index contributed by atoms with van der Waals surface area (Å²) in [5, 5.41) is 11.7. The minimum absolute atomic E-state index is 0.112. The Morgan fingerprint density at radius 1 is 1.28 bits per heavy atom. The fourth-order valence-electron chi connectivity index (χ4n) is 1.70. The van der Waals surface area contributed by atoms with Gasteiger partial charge in [-0.05, 0) is 24.3 Å². The van der Waals surface area contributed by atoms with Crippen LogP contribution < -0.4 is 10.1 Å². The summed E-state index contributed by atoms with van der Waals surface area (Å²) in [5.41, 5.74) is 0. The van der Waals surface area contributed by atoms with E-state index in [-0.39, 0.29) is 24.8 Å². The Balaban J connectivity index is 1.82. The van der Waals surface area contributed by atoms with Crippen LogP contribution in [0, 0.1) is 0 Å². The van der Waals surface area contributed by atoms with Crippen molar-refractivity contribution >= 4 is 35.2 Å². The summed E-state index contributed by atoms with van der Waals surface area (Å²) >= 11 is 7.03. The van der Waals surface area contributed by atoms with E-state index in [0.717, 1.165) is 0 Å². The number of benzene rings is 1. The lowest BCUT2D eigenvalue weighted by Gasteiger charge is -2.07. The van der Waals surface area contributed by atoms with Gasteiger partial charge in [-0.3, -0.25) is 9.59 Å². The van der Waals surface area contributed by atoms with Crippen molar-refractivity contribution in [3.8, 4) is 5.75 Å². The highest BCUT2D eigenvalue weighted by Crippen LogP contribution is 2.18. The van der Waals surface area contributed by atoms with Crippen LogP contribution in [0.5, 0.6) is 5.75 Å². The molecule has 0 atom stereocenters. The number of hydrogen-bond acceptors (Lipinski definition) is 7. The topological polar surface area (TPSA) is 95.3 Å². The molecule has 0 bridgehead atoms. The molecule has 0 aliphatic carbocycles. The summed E-state index contributed by atoms with van der Waals surface area (Å²) in [7, 11) is 3.05. The highest BCUT2D eigenvalue weighted by molar-refractivity contribution is 7.99. The molecule has 10 heteroatoms. The molecule has 1 aromatic carbocycles. The van der Waals surface area contributed by atoms with E-state index in [4.69, 9.17) is 16.3 Å². The van der Waals surface area contributed by atoms with Crippen LogP contribution >= 0.6 is 23.4 Å². The van der Waals surface area contributed by atoms with Crippen molar-refractivity contribution in [2.75, 3.05) is 19.4 Å². The number of carbonyl (C=O) groups excluding carboxylic acids is 2. The van der Waals surface area contributed by atoms with Gasteiger partial charge in [0.1, 0.15) is 18.9 Å². The Kier molecular flexibility index (Phi) is 7.08. The van der Waals surface area contributed by atoms with Gasteiger partial charge in [0.05, 0.1) is 12.9 Å². The quantitative estimate of drug-likeness (QED) is 0.543. The zero-order chi connectivity index (χ0) is 18.2. The Labute approximate surface area is 153 Å². The Morgan fingerprint density at radius 3 is 2.68 bits per heavy atom. The third-order valence-electron chi connectivity index (χ3n) is 3.10. The molecule has 0 fully saturated rings. The van der Waals surface area contributed by atoms with Crippen molar-refractivity contribution in [1.82, 2.24) is 20.1 Å². The number of aromatic nitrogens is 3. The first-order chi connectivity index (χ1) is 12.0. The van der Waals surface area contributed by atoms with Crippen molar-refractivity contribution in [3.05, 3.63) is 35.1 Å². The predicted molar refractivity (Wildman–Crippen MR) is 92.5 cm³/mol. The number of thioether (sulfide) groups is 1. The van der Waals surface area contributed by atoms with Crippen LogP contribution in [0.2, 0.25) is 5.02 Å². The highest BCUT2D eigenvalue weighted by Gasteiger charge is 2.12. The minimum atomic E-state index is -0.501. The fourth-order valence-corrected chi connectivity index (χ4v) is 2.59. The maximum absolute atomic E-state index is 11.7. The summed E-state index contributed by atoms with van der Waals surface area (Å²) in [6, 6.07) is 7.00. The maximum Gasteiger partial charge on any atom is 0.325 e. The molecule has 2 aromatic rings. The third kappa shape index (κ3) is 5.95. The molecule has 0 spiro atoms. The number of ether oxygens (including phenoxy) is 2. The first kappa shape index (κ1) is 19.1. The molecule has 0 aliphatic rings. The van der Waals surface area contributed by atoms with Crippen LogP contribution in [0.1, 0.15) is 5.82 Å². The molecule has 0 radical (unpaired) electrons. The van der Waals surface area contributed by atoms with Crippen molar-refractivity contribution in [2.45, 2.75) is 11.8 Å². The second-order valence-corrected chi connectivity index (χ2v) is 6.22.